The van der Waals surface area contributed by atoms with E-state index in [1.54, 1.807) is 0 Å². The number of hydrogen-bond donors (Lipinski definition) is 1. The lowest BCUT2D eigenvalue weighted by atomic mass is 10.2. The van der Waals surface area contributed by atoms with Crippen molar-refractivity contribution in [2.75, 3.05) is 6.61 Å². The van der Waals surface area contributed by atoms with Crippen LogP contribution in [0, 0.1) is 11.3 Å². The maximum Gasteiger partial charge on any atom is 0.184 e. The Labute approximate surface area is 135 Å². The van der Waals surface area contributed by atoms with Gasteiger partial charge in [-0.3, -0.25) is 0 Å². The molecule has 1 atom stereocenters. The standard InChI is InChI=1S/C16H23BrN2O2/c1-5-13(9-18)21-16-14(17)7-12(10-19-11(3)4)8-15(16)20-6-2/h7-8,11,13,19H,5-6,10H2,1-4H3. The van der Waals surface area contributed by atoms with Gasteiger partial charge in [0.05, 0.1) is 11.1 Å². The maximum atomic E-state index is 9.06. The summed E-state index contributed by atoms with van der Waals surface area (Å²) in [6.07, 6.45) is 0.158. The van der Waals surface area contributed by atoms with Gasteiger partial charge in [0.15, 0.2) is 17.6 Å². The van der Waals surface area contributed by atoms with Gasteiger partial charge in [0.2, 0.25) is 0 Å². The number of halogens is 1. The zero-order chi connectivity index (χ0) is 15.8. The Morgan fingerprint density at radius 1 is 1.33 bits per heavy atom. The Morgan fingerprint density at radius 2 is 2.05 bits per heavy atom. The van der Waals surface area contributed by atoms with Gasteiger partial charge in [0, 0.05) is 12.6 Å². The molecule has 1 N–H and O–H groups in total. The molecule has 21 heavy (non-hydrogen) atoms. The van der Waals surface area contributed by atoms with Crippen LogP contribution in [0.1, 0.15) is 39.7 Å². The predicted octanol–water partition coefficient (Wildman–Crippen LogP) is 4.03. The number of benzene rings is 1. The number of nitrogens with zero attached hydrogens (tertiary/aromatic N) is 1. The largest absolute Gasteiger partial charge is 0.490 e. The first-order valence-corrected chi connectivity index (χ1v) is 8.05. The highest BCUT2D eigenvalue weighted by molar-refractivity contribution is 9.10. The number of ether oxygens (including phenoxy) is 2. The van der Waals surface area contributed by atoms with Crippen molar-refractivity contribution in [1.82, 2.24) is 5.32 Å². The molecule has 5 heteroatoms. The minimum atomic E-state index is -0.472. The van der Waals surface area contributed by atoms with E-state index < -0.39 is 6.10 Å². The van der Waals surface area contributed by atoms with Crippen LogP contribution < -0.4 is 14.8 Å². The van der Waals surface area contributed by atoms with E-state index in [4.69, 9.17) is 14.7 Å². The van der Waals surface area contributed by atoms with Crippen molar-refractivity contribution < 1.29 is 9.47 Å². The molecule has 0 amide bonds. The number of nitriles is 1. The molecule has 1 aromatic rings. The van der Waals surface area contributed by atoms with Crippen LogP contribution >= 0.6 is 15.9 Å². The molecule has 0 saturated carbocycles. The average Bonchev–Trinajstić information content (AvgIpc) is 2.45. The summed E-state index contributed by atoms with van der Waals surface area (Å²) in [5, 5.41) is 12.4. The van der Waals surface area contributed by atoms with Crippen LogP contribution in [0.4, 0.5) is 0 Å². The molecule has 4 nitrogen and oxygen atoms in total. The van der Waals surface area contributed by atoms with Crippen LogP contribution in [0.25, 0.3) is 0 Å². The van der Waals surface area contributed by atoms with Crippen LogP contribution in [-0.4, -0.2) is 18.8 Å². The van der Waals surface area contributed by atoms with Crippen LogP contribution in [0.5, 0.6) is 11.5 Å². The van der Waals surface area contributed by atoms with E-state index in [0.717, 1.165) is 16.6 Å². The topological polar surface area (TPSA) is 54.3 Å². The molecule has 1 aromatic carbocycles. The molecule has 116 valence electrons. The Balaban J connectivity index is 3.04. The van der Waals surface area contributed by atoms with Crippen molar-refractivity contribution in [2.24, 2.45) is 0 Å². The smallest absolute Gasteiger partial charge is 0.184 e. The minimum absolute atomic E-state index is 0.415. The van der Waals surface area contributed by atoms with E-state index in [0.29, 0.717) is 30.6 Å². The van der Waals surface area contributed by atoms with Crippen molar-refractivity contribution in [3.63, 3.8) is 0 Å². The quantitative estimate of drug-likeness (QED) is 0.765. The second kappa shape index (κ2) is 8.91. The lowest BCUT2D eigenvalue weighted by Gasteiger charge is -2.18. The highest BCUT2D eigenvalue weighted by Gasteiger charge is 2.16. The second-order valence-electron chi connectivity index (χ2n) is 5.02. The molecule has 0 spiro atoms. The minimum Gasteiger partial charge on any atom is -0.490 e. The van der Waals surface area contributed by atoms with Gasteiger partial charge >= 0.3 is 0 Å². The lowest BCUT2D eigenvalue weighted by molar-refractivity contribution is 0.230. The van der Waals surface area contributed by atoms with Crippen molar-refractivity contribution in [3.8, 4) is 17.6 Å². The van der Waals surface area contributed by atoms with E-state index in [9.17, 15) is 0 Å². The van der Waals surface area contributed by atoms with Gasteiger partial charge in [0.1, 0.15) is 6.07 Å². The fourth-order valence-electron chi connectivity index (χ4n) is 1.77. The van der Waals surface area contributed by atoms with E-state index in [2.05, 4.69) is 41.2 Å². The first-order valence-electron chi connectivity index (χ1n) is 7.26. The van der Waals surface area contributed by atoms with E-state index in [1.807, 2.05) is 26.0 Å². The number of hydrogen-bond acceptors (Lipinski definition) is 4. The van der Waals surface area contributed by atoms with Gasteiger partial charge in [0.25, 0.3) is 0 Å². The monoisotopic (exact) mass is 354 g/mol. The van der Waals surface area contributed by atoms with Crippen molar-refractivity contribution in [1.29, 1.82) is 5.26 Å². The molecule has 0 bridgehead atoms. The lowest BCUT2D eigenvalue weighted by Crippen LogP contribution is -2.22. The van der Waals surface area contributed by atoms with Gasteiger partial charge in [-0.15, -0.1) is 0 Å². The van der Waals surface area contributed by atoms with E-state index >= 15 is 0 Å². The van der Waals surface area contributed by atoms with E-state index in [1.165, 1.54) is 0 Å². The van der Waals surface area contributed by atoms with Gasteiger partial charge < -0.3 is 14.8 Å². The van der Waals surface area contributed by atoms with Crippen molar-refractivity contribution in [2.45, 2.75) is 52.8 Å². The molecule has 0 radical (unpaired) electrons. The summed E-state index contributed by atoms with van der Waals surface area (Å²) >= 11 is 3.52. The molecule has 0 aromatic heterocycles. The molecule has 0 saturated heterocycles. The van der Waals surface area contributed by atoms with Crippen molar-refractivity contribution >= 4 is 15.9 Å². The Morgan fingerprint density at radius 3 is 2.57 bits per heavy atom. The molecule has 0 aliphatic carbocycles. The summed E-state index contributed by atoms with van der Waals surface area (Å²) in [4.78, 5) is 0. The molecular weight excluding hydrogens is 332 g/mol. The van der Waals surface area contributed by atoms with Crippen LogP contribution in [0.3, 0.4) is 0 Å². The average molecular weight is 355 g/mol. The summed E-state index contributed by atoms with van der Waals surface area (Å²) < 4.78 is 12.2. The van der Waals surface area contributed by atoms with E-state index in [-0.39, 0.29) is 0 Å². The van der Waals surface area contributed by atoms with Crippen molar-refractivity contribution in [3.05, 3.63) is 22.2 Å². The van der Waals surface area contributed by atoms with Gasteiger partial charge in [-0.25, -0.2) is 0 Å². The zero-order valence-corrected chi connectivity index (χ0v) is 14.7. The molecule has 0 fully saturated rings. The summed E-state index contributed by atoms with van der Waals surface area (Å²) in [5.74, 6) is 1.26. The van der Waals surface area contributed by atoms with Gasteiger partial charge in [-0.05, 0) is 47.0 Å². The third kappa shape index (κ3) is 5.56. The molecule has 0 aliphatic heterocycles. The number of nitrogens with one attached hydrogen (secondary N) is 1. The molecule has 0 heterocycles. The maximum absolute atomic E-state index is 9.06. The predicted molar refractivity (Wildman–Crippen MR) is 87.6 cm³/mol. The highest BCUT2D eigenvalue weighted by atomic mass is 79.9. The molecule has 1 rings (SSSR count). The third-order valence-electron chi connectivity index (χ3n) is 2.86. The Hall–Kier alpha value is -1.25. The summed E-state index contributed by atoms with van der Waals surface area (Å²) in [7, 11) is 0. The third-order valence-corrected chi connectivity index (χ3v) is 3.45. The fraction of sp³-hybridized carbons (Fsp3) is 0.562. The normalized spacial score (nSPS) is 12.0. The Bertz CT molecular complexity index is 498. The summed E-state index contributed by atoms with van der Waals surface area (Å²) in [6.45, 7) is 9.37. The van der Waals surface area contributed by atoms with Gasteiger partial charge in [-0.2, -0.15) is 5.26 Å². The molecule has 1 unspecified atom stereocenters. The molecular formula is C16H23BrN2O2. The van der Waals surface area contributed by atoms with Gasteiger partial charge in [-0.1, -0.05) is 20.8 Å². The first-order chi connectivity index (χ1) is 10.0. The summed E-state index contributed by atoms with van der Waals surface area (Å²) in [5.41, 5.74) is 1.11. The molecule has 0 aliphatic rings. The van der Waals surface area contributed by atoms with Crippen LogP contribution in [-0.2, 0) is 6.54 Å². The van der Waals surface area contributed by atoms with Crippen LogP contribution in [0.15, 0.2) is 16.6 Å². The zero-order valence-electron chi connectivity index (χ0n) is 13.1. The first kappa shape index (κ1) is 17.8. The summed E-state index contributed by atoms with van der Waals surface area (Å²) in [6, 6.07) is 6.51. The fourth-order valence-corrected chi connectivity index (χ4v) is 2.35. The SMILES string of the molecule is CCOc1cc(CNC(C)C)cc(Br)c1OC(C#N)CC. The number of rotatable bonds is 8. The second-order valence-corrected chi connectivity index (χ2v) is 5.87. The Kier molecular flexibility index (Phi) is 7.55. The highest BCUT2D eigenvalue weighted by Crippen LogP contribution is 2.37. The van der Waals surface area contributed by atoms with Crippen LogP contribution in [0.2, 0.25) is 0 Å².